The molecule has 0 bridgehead atoms. The van der Waals surface area contributed by atoms with E-state index in [1.165, 1.54) is 0 Å². The van der Waals surface area contributed by atoms with Gasteiger partial charge in [0.1, 0.15) is 11.4 Å². The van der Waals surface area contributed by atoms with Gasteiger partial charge in [0.15, 0.2) is 0 Å². The molecule has 154 valence electrons. The molecule has 2 aliphatic heterocycles. The molecule has 28 heavy (non-hydrogen) atoms. The van der Waals surface area contributed by atoms with E-state index in [2.05, 4.69) is 25.4 Å². The summed E-state index contributed by atoms with van der Waals surface area (Å²) in [5, 5.41) is 5.73. The van der Waals surface area contributed by atoms with Crippen LogP contribution in [0.2, 0.25) is 0 Å². The summed E-state index contributed by atoms with van der Waals surface area (Å²) in [6.07, 6.45) is 0. The molecule has 3 rings (SSSR count). The molecule has 1 aromatic rings. The van der Waals surface area contributed by atoms with Crippen LogP contribution in [0.5, 0.6) is 0 Å². The van der Waals surface area contributed by atoms with E-state index >= 15 is 0 Å². The fraction of sp³-hybridized carbons (Fsp3) is 0.632. The lowest BCUT2D eigenvalue weighted by molar-refractivity contribution is 0.0382. The van der Waals surface area contributed by atoms with Crippen LogP contribution in [-0.2, 0) is 9.47 Å². The summed E-state index contributed by atoms with van der Waals surface area (Å²) in [5.74, 6) is -0.535. The van der Waals surface area contributed by atoms with Crippen LogP contribution < -0.4 is 10.6 Å². The molecular weight excluding hydrogens is 362 g/mol. The number of nitrogens with one attached hydrogen (secondary N) is 2. The average Bonchev–Trinajstić information content (AvgIpc) is 2.75. The largest absolute Gasteiger partial charge is 0.379 e. The smallest absolute Gasteiger partial charge is 0.269 e. The molecule has 2 N–H and O–H groups in total. The number of amides is 2. The Hall–Kier alpha value is -2.07. The highest BCUT2D eigenvalue weighted by atomic mass is 16.5. The second-order valence-corrected chi connectivity index (χ2v) is 6.83. The number of hydrogen-bond acceptors (Lipinski definition) is 7. The minimum atomic E-state index is -0.267. The van der Waals surface area contributed by atoms with Crippen molar-refractivity contribution in [1.82, 2.24) is 25.4 Å². The summed E-state index contributed by atoms with van der Waals surface area (Å²) in [5.41, 5.74) is 0.505. The molecule has 3 heterocycles. The molecule has 2 amide bonds. The Morgan fingerprint density at radius 2 is 1.25 bits per heavy atom. The van der Waals surface area contributed by atoms with Crippen LogP contribution in [0.25, 0.3) is 0 Å². The van der Waals surface area contributed by atoms with Crippen molar-refractivity contribution < 1.29 is 19.1 Å². The van der Waals surface area contributed by atoms with Crippen LogP contribution in [0.4, 0.5) is 0 Å². The lowest BCUT2D eigenvalue weighted by Gasteiger charge is -2.26. The van der Waals surface area contributed by atoms with Crippen molar-refractivity contribution in [2.75, 3.05) is 78.8 Å². The normalized spacial score (nSPS) is 18.6. The Kier molecular flexibility index (Phi) is 8.16. The topological polar surface area (TPSA) is 96.0 Å². The number of hydrogen-bond donors (Lipinski definition) is 2. The van der Waals surface area contributed by atoms with Gasteiger partial charge in [-0.1, -0.05) is 6.07 Å². The Bertz CT molecular complexity index is 594. The van der Waals surface area contributed by atoms with Crippen molar-refractivity contribution in [2.45, 2.75) is 0 Å². The van der Waals surface area contributed by atoms with Crippen LogP contribution in [-0.4, -0.2) is 105 Å². The first-order valence-corrected chi connectivity index (χ1v) is 9.86. The summed E-state index contributed by atoms with van der Waals surface area (Å²) >= 11 is 0. The van der Waals surface area contributed by atoms with Gasteiger partial charge in [0.05, 0.1) is 26.4 Å². The number of morpholine rings is 2. The molecule has 0 unspecified atom stereocenters. The molecule has 2 aliphatic rings. The molecular formula is C19H29N5O4. The van der Waals surface area contributed by atoms with Crippen LogP contribution in [0, 0.1) is 0 Å². The molecule has 0 atom stereocenters. The van der Waals surface area contributed by atoms with Crippen LogP contribution >= 0.6 is 0 Å². The highest BCUT2D eigenvalue weighted by Gasteiger charge is 2.15. The van der Waals surface area contributed by atoms with Crippen molar-refractivity contribution in [3.8, 4) is 0 Å². The summed E-state index contributed by atoms with van der Waals surface area (Å²) in [6.45, 7) is 9.10. The number of carbonyl (C=O) groups excluding carboxylic acids is 2. The second kappa shape index (κ2) is 11.1. The molecule has 1 aromatic heterocycles. The van der Waals surface area contributed by atoms with Gasteiger partial charge >= 0.3 is 0 Å². The summed E-state index contributed by atoms with van der Waals surface area (Å²) in [7, 11) is 0. The molecule has 9 nitrogen and oxygen atoms in total. The number of ether oxygens (including phenoxy) is 2. The predicted molar refractivity (Wildman–Crippen MR) is 103 cm³/mol. The first-order chi connectivity index (χ1) is 13.7. The lowest BCUT2D eigenvalue weighted by Crippen LogP contribution is -2.41. The standard InChI is InChI=1S/C19H29N5O4/c25-18(20-4-6-23-8-12-27-13-9-23)16-2-1-3-17(22-16)19(26)21-5-7-24-10-14-28-15-11-24/h1-3H,4-15H2,(H,20,25)(H,21,26). The maximum absolute atomic E-state index is 12.3. The van der Waals surface area contributed by atoms with Gasteiger partial charge in [0.2, 0.25) is 0 Å². The third-order valence-electron chi connectivity index (χ3n) is 4.85. The van der Waals surface area contributed by atoms with E-state index in [9.17, 15) is 9.59 Å². The Labute approximate surface area is 165 Å². The van der Waals surface area contributed by atoms with Crippen molar-refractivity contribution in [3.63, 3.8) is 0 Å². The van der Waals surface area contributed by atoms with E-state index in [1.54, 1.807) is 18.2 Å². The Morgan fingerprint density at radius 1 is 0.821 bits per heavy atom. The SMILES string of the molecule is O=C(NCCN1CCOCC1)c1cccc(C(=O)NCCN2CCOCC2)n1. The third kappa shape index (κ3) is 6.52. The maximum Gasteiger partial charge on any atom is 0.269 e. The molecule has 0 aliphatic carbocycles. The number of aromatic nitrogens is 1. The Balaban J connectivity index is 1.41. The van der Waals surface area contributed by atoms with Gasteiger partial charge in [-0.05, 0) is 12.1 Å². The number of nitrogens with zero attached hydrogens (tertiary/aromatic N) is 3. The van der Waals surface area contributed by atoms with Gasteiger partial charge < -0.3 is 20.1 Å². The summed E-state index contributed by atoms with van der Waals surface area (Å²) in [4.78, 5) is 33.3. The predicted octanol–water partition coefficient (Wildman–Crippen LogP) is -0.794. The van der Waals surface area contributed by atoms with Crippen molar-refractivity contribution >= 4 is 11.8 Å². The van der Waals surface area contributed by atoms with Crippen LogP contribution in [0.1, 0.15) is 21.0 Å². The average molecular weight is 391 g/mol. The number of rotatable bonds is 8. The first-order valence-electron chi connectivity index (χ1n) is 9.86. The van der Waals surface area contributed by atoms with Gasteiger partial charge in [-0.25, -0.2) is 4.98 Å². The fourth-order valence-electron chi connectivity index (χ4n) is 3.17. The zero-order valence-electron chi connectivity index (χ0n) is 16.2. The third-order valence-corrected chi connectivity index (χ3v) is 4.85. The lowest BCUT2D eigenvalue weighted by atomic mass is 10.2. The zero-order valence-corrected chi connectivity index (χ0v) is 16.2. The van der Waals surface area contributed by atoms with Crippen molar-refractivity contribution in [2.24, 2.45) is 0 Å². The highest BCUT2D eigenvalue weighted by Crippen LogP contribution is 2.01. The molecule has 9 heteroatoms. The molecule has 0 aromatic carbocycles. The van der Waals surface area contributed by atoms with E-state index in [4.69, 9.17) is 9.47 Å². The van der Waals surface area contributed by atoms with E-state index in [0.717, 1.165) is 65.7 Å². The van der Waals surface area contributed by atoms with Crippen LogP contribution in [0.15, 0.2) is 18.2 Å². The molecule has 0 saturated carbocycles. The van der Waals surface area contributed by atoms with Crippen LogP contribution in [0.3, 0.4) is 0 Å². The molecule has 2 fully saturated rings. The van der Waals surface area contributed by atoms with Gasteiger partial charge in [-0.3, -0.25) is 19.4 Å². The molecule has 0 radical (unpaired) electrons. The first kappa shape index (κ1) is 20.7. The van der Waals surface area contributed by atoms with E-state index in [0.29, 0.717) is 13.1 Å². The second-order valence-electron chi connectivity index (χ2n) is 6.83. The minimum Gasteiger partial charge on any atom is -0.379 e. The van der Waals surface area contributed by atoms with Gasteiger partial charge in [0.25, 0.3) is 11.8 Å². The zero-order chi connectivity index (χ0) is 19.6. The van der Waals surface area contributed by atoms with Gasteiger partial charge in [0, 0.05) is 52.4 Å². The van der Waals surface area contributed by atoms with E-state index < -0.39 is 0 Å². The van der Waals surface area contributed by atoms with Gasteiger partial charge in [-0.2, -0.15) is 0 Å². The molecule has 0 spiro atoms. The summed E-state index contributed by atoms with van der Waals surface area (Å²) < 4.78 is 10.6. The minimum absolute atomic E-state index is 0.253. The van der Waals surface area contributed by atoms with E-state index in [1.807, 2.05) is 0 Å². The number of pyridine rings is 1. The fourth-order valence-corrected chi connectivity index (χ4v) is 3.17. The summed E-state index contributed by atoms with van der Waals surface area (Å²) in [6, 6.07) is 4.92. The Morgan fingerprint density at radius 3 is 1.68 bits per heavy atom. The molecule has 2 saturated heterocycles. The van der Waals surface area contributed by atoms with Crippen molar-refractivity contribution in [1.29, 1.82) is 0 Å². The highest BCUT2D eigenvalue weighted by molar-refractivity contribution is 5.96. The van der Waals surface area contributed by atoms with Crippen molar-refractivity contribution in [3.05, 3.63) is 29.6 Å². The van der Waals surface area contributed by atoms with E-state index in [-0.39, 0.29) is 23.2 Å². The number of carbonyl (C=O) groups is 2. The maximum atomic E-state index is 12.3. The monoisotopic (exact) mass is 391 g/mol. The van der Waals surface area contributed by atoms with Gasteiger partial charge in [-0.15, -0.1) is 0 Å². The quantitative estimate of drug-likeness (QED) is 0.599.